The lowest BCUT2D eigenvalue weighted by molar-refractivity contribution is 0.420. The van der Waals surface area contributed by atoms with Gasteiger partial charge in [-0.25, -0.2) is 4.98 Å². The van der Waals surface area contributed by atoms with Crippen LogP contribution >= 0.6 is 23.1 Å². The molecule has 4 rings (SSSR count). The molecule has 0 spiro atoms. The van der Waals surface area contributed by atoms with Crippen LogP contribution in [0.3, 0.4) is 0 Å². The molecule has 0 aliphatic carbocycles. The van der Waals surface area contributed by atoms with Gasteiger partial charge in [-0.1, -0.05) is 36.0 Å². The van der Waals surface area contributed by atoms with Gasteiger partial charge in [-0.15, -0.1) is 16.4 Å². The molecule has 0 radical (unpaired) electrons. The van der Waals surface area contributed by atoms with Gasteiger partial charge in [0.15, 0.2) is 0 Å². The van der Waals surface area contributed by atoms with Gasteiger partial charge in [0.2, 0.25) is 5.16 Å². The van der Waals surface area contributed by atoms with Crippen molar-refractivity contribution in [2.75, 3.05) is 5.75 Å². The van der Waals surface area contributed by atoms with Crippen LogP contribution in [-0.2, 0) is 0 Å². The normalized spacial score (nSPS) is 12.0. The number of rotatable bonds is 5. The molecule has 2 aromatic heterocycles. The van der Waals surface area contributed by atoms with Crippen LogP contribution in [0, 0.1) is 25.2 Å². The van der Waals surface area contributed by atoms with Gasteiger partial charge in [0, 0.05) is 0 Å². The fraction of sp³-hybridized carbons (Fsp3) is 0.150. The molecule has 4 aromatic rings. The molecule has 0 aliphatic heterocycles. The van der Waals surface area contributed by atoms with Crippen molar-refractivity contribution in [3.05, 3.63) is 64.4 Å². The zero-order chi connectivity index (χ0) is 20.4. The van der Waals surface area contributed by atoms with Gasteiger partial charge < -0.3 is 5.11 Å². The monoisotopic (exact) mass is 420 g/mol. The summed E-state index contributed by atoms with van der Waals surface area (Å²) in [6, 6.07) is 15.8. The molecule has 0 aliphatic rings. The van der Waals surface area contributed by atoms with Crippen LogP contribution in [0.1, 0.15) is 16.1 Å². The Morgan fingerprint density at radius 1 is 1.24 bits per heavy atom. The highest BCUT2D eigenvalue weighted by Gasteiger charge is 2.17. The Labute approximate surface area is 175 Å². The number of thiazole rings is 1. The molecule has 1 N–H and O–H groups in total. The third-order valence-electron chi connectivity index (χ3n) is 4.28. The van der Waals surface area contributed by atoms with E-state index in [0.29, 0.717) is 10.2 Å². The van der Waals surface area contributed by atoms with Crippen LogP contribution in [0.25, 0.3) is 21.5 Å². The van der Waals surface area contributed by atoms with Gasteiger partial charge in [0.1, 0.15) is 22.4 Å². The van der Waals surface area contributed by atoms with Crippen LogP contribution < -0.4 is 0 Å². The first kappa shape index (κ1) is 19.1. The number of aryl methyl sites for hydroxylation is 2. The molecular weight excluding hydrogens is 404 g/mol. The van der Waals surface area contributed by atoms with E-state index in [9.17, 15) is 10.4 Å². The molecule has 0 fully saturated rings. The number of hydrogen-bond acceptors (Lipinski definition) is 8. The molecular formula is C20H16N6OS2. The minimum Gasteiger partial charge on any atom is -0.510 e. The molecule has 7 nitrogen and oxygen atoms in total. The molecule has 0 amide bonds. The molecule has 0 unspecified atom stereocenters. The zero-order valence-electron chi connectivity index (χ0n) is 15.7. The maximum Gasteiger partial charge on any atom is 0.214 e. The van der Waals surface area contributed by atoms with E-state index in [1.165, 1.54) is 23.1 Å². The molecule has 2 heterocycles. The lowest BCUT2D eigenvalue weighted by Crippen LogP contribution is -2.03. The molecule has 2 aromatic carbocycles. The standard InChI is InChI=1S/C20H16N6OS2/c1-12-7-8-13(2)16(9-12)26-20(23-24-25-26)28-11-17(27)14(10-21)19-22-15-5-3-4-6-18(15)29-19/h3-9,27H,11H2,1-2H3/b17-14-. The summed E-state index contributed by atoms with van der Waals surface area (Å²) in [4.78, 5) is 4.46. The molecule has 0 atom stereocenters. The maximum absolute atomic E-state index is 10.6. The Balaban J connectivity index is 1.61. The van der Waals surface area contributed by atoms with Gasteiger partial charge in [0.05, 0.1) is 21.7 Å². The summed E-state index contributed by atoms with van der Waals surface area (Å²) in [5.74, 6) is 0.108. The highest BCUT2D eigenvalue weighted by Crippen LogP contribution is 2.30. The minimum absolute atomic E-state index is 0.0490. The van der Waals surface area contributed by atoms with E-state index in [4.69, 9.17) is 0 Å². The minimum atomic E-state index is -0.0490. The Morgan fingerprint density at radius 2 is 2.07 bits per heavy atom. The summed E-state index contributed by atoms with van der Waals surface area (Å²) >= 11 is 2.64. The average Bonchev–Trinajstić information content (AvgIpc) is 3.35. The predicted octanol–water partition coefficient (Wildman–Crippen LogP) is 4.47. The number of thioether (sulfide) groups is 1. The number of aliphatic hydroxyl groups excluding tert-OH is 1. The van der Waals surface area contributed by atoms with Crippen molar-refractivity contribution in [2.24, 2.45) is 0 Å². The highest BCUT2D eigenvalue weighted by atomic mass is 32.2. The van der Waals surface area contributed by atoms with E-state index in [2.05, 4.69) is 26.6 Å². The van der Waals surface area contributed by atoms with Crippen LogP contribution in [0.2, 0.25) is 0 Å². The number of allylic oxidation sites excluding steroid dienone is 1. The first-order valence-electron chi connectivity index (χ1n) is 8.74. The summed E-state index contributed by atoms with van der Waals surface area (Å²) in [5.41, 5.74) is 4.00. The Hall–Kier alpha value is -3.22. The number of aromatic nitrogens is 5. The quantitative estimate of drug-likeness (QED) is 0.289. The summed E-state index contributed by atoms with van der Waals surface area (Å²) in [5, 5.41) is 33.1. The third kappa shape index (κ3) is 3.85. The van der Waals surface area contributed by atoms with Crippen LogP contribution in [-0.4, -0.2) is 36.1 Å². The van der Waals surface area contributed by atoms with Gasteiger partial charge in [-0.2, -0.15) is 9.94 Å². The van der Waals surface area contributed by atoms with Gasteiger partial charge >= 0.3 is 0 Å². The maximum atomic E-state index is 10.6. The van der Waals surface area contributed by atoms with Crippen LogP contribution in [0.15, 0.2) is 53.4 Å². The number of nitrogens with zero attached hydrogens (tertiary/aromatic N) is 6. The lowest BCUT2D eigenvalue weighted by Gasteiger charge is -2.08. The SMILES string of the molecule is Cc1ccc(C)c(-n2nnnc2SC/C(O)=C(\C#N)c2nc3ccccc3s2)c1. The first-order chi connectivity index (χ1) is 14.1. The Kier molecular flexibility index (Phi) is 5.29. The van der Waals surface area contributed by atoms with E-state index >= 15 is 0 Å². The summed E-state index contributed by atoms with van der Waals surface area (Å²) in [6.07, 6.45) is 0. The molecule has 29 heavy (non-hydrogen) atoms. The Bertz CT molecular complexity index is 1230. The highest BCUT2D eigenvalue weighted by molar-refractivity contribution is 7.99. The van der Waals surface area contributed by atoms with Crippen LogP contribution in [0.5, 0.6) is 0 Å². The Morgan fingerprint density at radius 3 is 2.86 bits per heavy atom. The summed E-state index contributed by atoms with van der Waals surface area (Å²) < 4.78 is 2.61. The second-order valence-corrected chi connectivity index (χ2v) is 8.35. The van der Waals surface area contributed by atoms with Gasteiger partial charge in [0.25, 0.3) is 0 Å². The fourth-order valence-electron chi connectivity index (χ4n) is 2.79. The second-order valence-electron chi connectivity index (χ2n) is 6.37. The molecule has 144 valence electrons. The number of para-hydroxylation sites is 1. The first-order valence-corrected chi connectivity index (χ1v) is 10.5. The summed E-state index contributed by atoms with van der Waals surface area (Å²) in [6.45, 7) is 4.00. The van der Waals surface area contributed by atoms with Crippen molar-refractivity contribution in [2.45, 2.75) is 19.0 Å². The number of aliphatic hydroxyl groups is 1. The fourth-order valence-corrected chi connectivity index (χ4v) is 4.53. The van der Waals surface area contributed by atoms with Crippen molar-refractivity contribution in [3.63, 3.8) is 0 Å². The van der Waals surface area contributed by atoms with Crippen molar-refractivity contribution in [3.8, 4) is 11.8 Å². The van der Waals surface area contributed by atoms with Crippen molar-refractivity contribution < 1.29 is 5.11 Å². The molecule has 0 saturated carbocycles. The van der Waals surface area contributed by atoms with Crippen LogP contribution in [0.4, 0.5) is 0 Å². The van der Waals surface area contributed by atoms with E-state index in [-0.39, 0.29) is 17.1 Å². The van der Waals surface area contributed by atoms with Crippen molar-refractivity contribution >= 4 is 38.9 Å². The largest absolute Gasteiger partial charge is 0.510 e. The topological polar surface area (TPSA) is 101 Å². The lowest BCUT2D eigenvalue weighted by atomic mass is 10.1. The van der Waals surface area contributed by atoms with E-state index in [1.54, 1.807) is 4.68 Å². The third-order valence-corrected chi connectivity index (χ3v) is 6.26. The molecule has 9 heteroatoms. The zero-order valence-corrected chi connectivity index (χ0v) is 17.3. The number of tetrazole rings is 1. The van der Waals surface area contributed by atoms with E-state index in [1.807, 2.05) is 56.3 Å². The van der Waals surface area contributed by atoms with Gasteiger partial charge in [-0.05, 0) is 53.6 Å². The predicted molar refractivity (Wildman–Crippen MR) is 114 cm³/mol. The molecule has 0 bridgehead atoms. The number of nitriles is 1. The number of hydrogen-bond donors (Lipinski definition) is 1. The second kappa shape index (κ2) is 8.03. The van der Waals surface area contributed by atoms with E-state index in [0.717, 1.165) is 27.0 Å². The van der Waals surface area contributed by atoms with Crippen molar-refractivity contribution in [1.82, 2.24) is 25.2 Å². The average molecular weight is 421 g/mol. The number of benzene rings is 2. The van der Waals surface area contributed by atoms with Gasteiger partial charge in [-0.3, -0.25) is 0 Å². The summed E-state index contributed by atoms with van der Waals surface area (Å²) in [7, 11) is 0. The molecule has 0 saturated heterocycles. The van der Waals surface area contributed by atoms with Crippen molar-refractivity contribution in [1.29, 1.82) is 5.26 Å². The smallest absolute Gasteiger partial charge is 0.214 e. The van der Waals surface area contributed by atoms with E-state index < -0.39 is 0 Å². The number of fused-ring (bicyclic) bond motifs is 1.